The average Bonchev–Trinajstić information content (AvgIpc) is 2.96. The first-order chi connectivity index (χ1) is 11.5. The van der Waals surface area contributed by atoms with E-state index >= 15 is 0 Å². The third kappa shape index (κ3) is 7.32. The summed E-state index contributed by atoms with van der Waals surface area (Å²) < 4.78 is 0. The Morgan fingerprint density at radius 3 is 2.40 bits per heavy atom. The van der Waals surface area contributed by atoms with Crippen LogP contribution in [-0.4, -0.2) is 18.0 Å². The van der Waals surface area contributed by atoms with Gasteiger partial charge in [0.1, 0.15) is 5.01 Å². The highest BCUT2D eigenvalue weighted by atomic mass is 127. The summed E-state index contributed by atoms with van der Waals surface area (Å²) in [7, 11) is 1.79. The zero-order valence-corrected chi connectivity index (χ0v) is 18.8. The Labute approximate surface area is 172 Å². The highest BCUT2D eigenvalue weighted by Crippen LogP contribution is 2.15. The molecule has 0 aliphatic heterocycles. The minimum absolute atomic E-state index is 0. The zero-order chi connectivity index (χ0) is 17.5. The van der Waals surface area contributed by atoms with Crippen molar-refractivity contribution in [1.82, 2.24) is 15.6 Å². The Balaban J connectivity index is 0.00000312. The molecule has 0 fully saturated rings. The van der Waals surface area contributed by atoms with Crippen molar-refractivity contribution in [3.63, 3.8) is 0 Å². The number of hydrogen-bond donors (Lipinski definition) is 2. The van der Waals surface area contributed by atoms with E-state index in [1.165, 1.54) is 16.0 Å². The van der Waals surface area contributed by atoms with E-state index in [2.05, 4.69) is 72.6 Å². The van der Waals surface area contributed by atoms with E-state index in [1.54, 1.807) is 18.4 Å². The molecule has 1 unspecified atom stereocenters. The van der Waals surface area contributed by atoms with E-state index in [9.17, 15) is 0 Å². The van der Waals surface area contributed by atoms with Gasteiger partial charge < -0.3 is 10.6 Å². The standard InChI is InChI=1S/C19H28N4S.HI/c1-13(2)10-16-6-8-17(9-7-16)15(4)23-19(20-5)22-12-18-21-11-14(3)24-18;/h6-9,11,13,15H,10,12H2,1-5H3,(H2,20,22,23);1H. The van der Waals surface area contributed by atoms with Crippen molar-refractivity contribution < 1.29 is 0 Å². The summed E-state index contributed by atoms with van der Waals surface area (Å²) in [6.07, 6.45) is 3.03. The molecule has 0 saturated carbocycles. The molecule has 1 heterocycles. The van der Waals surface area contributed by atoms with Crippen molar-refractivity contribution in [3.8, 4) is 0 Å². The predicted octanol–water partition coefficient (Wildman–Crippen LogP) is 4.69. The molecule has 2 aromatic rings. The molecule has 138 valence electrons. The molecule has 4 nitrogen and oxygen atoms in total. The van der Waals surface area contributed by atoms with Gasteiger partial charge in [0.05, 0.1) is 12.6 Å². The third-order valence-corrected chi connectivity index (χ3v) is 4.69. The first-order valence-corrected chi connectivity index (χ1v) is 9.27. The van der Waals surface area contributed by atoms with E-state index < -0.39 is 0 Å². The molecule has 2 N–H and O–H groups in total. The van der Waals surface area contributed by atoms with E-state index in [0.717, 1.165) is 17.4 Å². The van der Waals surface area contributed by atoms with Crippen LogP contribution in [0, 0.1) is 12.8 Å². The van der Waals surface area contributed by atoms with Crippen molar-refractivity contribution in [2.45, 2.75) is 46.7 Å². The number of aromatic nitrogens is 1. The first kappa shape index (κ1) is 21.9. The summed E-state index contributed by atoms with van der Waals surface area (Å²) in [6, 6.07) is 9.05. The summed E-state index contributed by atoms with van der Waals surface area (Å²) >= 11 is 1.71. The lowest BCUT2D eigenvalue weighted by Crippen LogP contribution is -2.38. The maximum Gasteiger partial charge on any atom is 0.191 e. The Morgan fingerprint density at radius 2 is 1.88 bits per heavy atom. The lowest BCUT2D eigenvalue weighted by atomic mass is 10.00. The smallest absolute Gasteiger partial charge is 0.191 e. The fourth-order valence-corrected chi connectivity index (χ4v) is 3.27. The Bertz CT molecular complexity index is 664. The summed E-state index contributed by atoms with van der Waals surface area (Å²) in [5, 5.41) is 7.83. The van der Waals surface area contributed by atoms with Crippen LogP contribution in [0.3, 0.4) is 0 Å². The van der Waals surface area contributed by atoms with Gasteiger partial charge in [-0.05, 0) is 37.3 Å². The number of nitrogens with zero attached hydrogens (tertiary/aromatic N) is 2. The SMILES string of the molecule is CN=C(NCc1ncc(C)s1)NC(C)c1ccc(CC(C)C)cc1.I. The normalized spacial score (nSPS) is 12.6. The molecule has 2 rings (SSSR count). The van der Waals surface area contributed by atoms with Crippen molar-refractivity contribution >= 4 is 41.3 Å². The quantitative estimate of drug-likeness (QED) is 0.364. The molecule has 1 aromatic heterocycles. The molecule has 0 radical (unpaired) electrons. The highest BCUT2D eigenvalue weighted by molar-refractivity contribution is 14.0. The van der Waals surface area contributed by atoms with Crippen LogP contribution in [-0.2, 0) is 13.0 Å². The van der Waals surface area contributed by atoms with Gasteiger partial charge in [0.25, 0.3) is 0 Å². The molecule has 6 heteroatoms. The summed E-state index contributed by atoms with van der Waals surface area (Å²) in [5.74, 6) is 1.48. The van der Waals surface area contributed by atoms with Crippen LogP contribution in [0.1, 0.15) is 47.8 Å². The predicted molar refractivity (Wildman–Crippen MR) is 119 cm³/mol. The molecule has 1 aromatic carbocycles. The van der Waals surface area contributed by atoms with Crippen LogP contribution in [0.25, 0.3) is 0 Å². The van der Waals surface area contributed by atoms with Crippen molar-refractivity contribution in [1.29, 1.82) is 0 Å². The first-order valence-electron chi connectivity index (χ1n) is 8.45. The minimum Gasteiger partial charge on any atom is -0.350 e. The number of rotatable bonds is 6. The monoisotopic (exact) mass is 472 g/mol. The molecular formula is C19H29IN4S. The second-order valence-corrected chi connectivity index (χ2v) is 7.82. The number of halogens is 1. The van der Waals surface area contributed by atoms with Gasteiger partial charge in [-0.2, -0.15) is 0 Å². The number of guanidine groups is 1. The van der Waals surface area contributed by atoms with Crippen molar-refractivity contribution in [3.05, 3.63) is 51.5 Å². The molecule has 1 atom stereocenters. The Morgan fingerprint density at radius 1 is 1.20 bits per heavy atom. The van der Waals surface area contributed by atoms with Crippen LogP contribution >= 0.6 is 35.3 Å². The second kappa shape index (κ2) is 10.8. The maximum absolute atomic E-state index is 4.37. The van der Waals surface area contributed by atoms with E-state index in [0.29, 0.717) is 12.5 Å². The average molecular weight is 472 g/mol. The van der Waals surface area contributed by atoms with Gasteiger partial charge in [0.15, 0.2) is 5.96 Å². The zero-order valence-electron chi connectivity index (χ0n) is 15.7. The fraction of sp³-hybridized carbons (Fsp3) is 0.474. The van der Waals surface area contributed by atoms with Crippen LogP contribution < -0.4 is 10.6 Å². The lowest BCUT2D eigenvalue weighted by molar-refractivity contribution is 0.645. The highest BCUT2D eigenvalue weighted by Gasteiger charge is 2.09. The molecule has 25 heavy (non-hydrogen) atoms. The van der Waals surface area contributed by atoms with Gasteiger partial charge in [-0.25, -0.2) is 4.98 Å². The summed E-state index contributed by atoms with van der Waals surface area (Å²) in [5.41, 5.74) is 2.65. The van der Waals surface area contributed by atoms with E-state index in [1.807, 2.05) is 6.20 Å². The van der Waals surface area contributed by atoms with E-state index in [4.69, 9.17) is 0 Å². The van der Waals surface area contributed by atoms with Gasteiger partial charge in [-0.15, -0.1) is 35.3 Å². The molecule has 0 spiro atoms. The van der Waals surface area contributed by atoms with Crippen LogP contribution in [0.15, 0.2) is 35.5 Å². The van der Waals surface area contributed by atoms with Gasteiger partial charge >= 0.3 is 0 Å². The van der Waals surface area contributed by atoms with Gasteiger partial charge in [-0.3, -0.25) is 4.99 Å². The number of benzene rings is 1. The maximum atomic E-state index is 4.37. The van der Waals surface area contributed by atoms with Gasteiger partial charge in [-0.1, -0.05) is 38.1 Å². The summed E-state index contributed by atoms with van der Waals surface area (Å²) in [6.45, 7) is 9.41. The molecule has 0 bridgehead atoms. The largest absolute Gasteiger partial charge is 0.350 e. The number of aryl methyl sites for hydroxylation is 1. The van der Waals surface area contributed by atoms with Crippen LogP contribution in [0.4, 0.5) is 0 Å². The molecule has 0 saturated heterocycles. The molecule has 0 aliphatic rings. The van der Waals surface area contributed by atoms with Gasteiger partial charge in [0, 0.05) is 18.1 Å². The summed E-state index contributed by atoms with van der Waals surface area (Å²) in [4.78, 5) is 9.90. The van der Waals surface area contributed by atoms with Crippen LogP contribution in [0.5, 0.6) is 0 Å². The third-order valence-electron chi connectivity index (χ3n) is 3.78. The molecular weight excluding hydrogens is 443 g/mol. The Kier molecular flexibility index (Phi) is 9.42. The minimum atomic E-state index is 0. The molecule has 0 amide bonds. The number of hydrogen-bond acceptors (Lipinski definition) is 3. The number of nitrogens with one attached hydrogen (secondary N) is 2. The van der Waals surface area contributed by atoms with Crippen molar-refractivity contribution in [2.24, 2.45) is 10.9 Å². The lowest BCUT2D eigenvalue weighted by Gasteiger charge is -2.18. The van der Waals surface area contributed by atoms with Crippen molar-refractivity contribution in [2.75, 3.05) is 7.05 Å². The van der Waals surface area contributed by atoms with Crippen LogP contribution in [0.2, 0.25) is 0 Å². The Hall–Kier alpha value is -1.15. The second-order valence-electron chi connectivity index (χ2n) is 6.50. The van der Waals surface area contributed by atoms with E-state index in [-0.39, 0.29) is 30.0 Å². The fourth-order valence-electron chi connectivity index (χ4n) is 2.54. The number of aliphatic imine (C=N–C) groups is 1. The molecule has 0 aliphatic carbocycles. The number of thiazole rings is 1. The van der Waals surface area contributed by atoms with Gasteiger partial charge in [0.2, 0.25) is 0 Å². The topological polar surface area (TPSA) is 49.3 Å².